The van der Waals surface area contributed by atoms with Gasteiger partial charge in [0.1, 0.15) is 6.54 Å². The van der Waals surface area contributed by atoms with Gasteiger partial charge in [0, 0.05) is 29.5 Å². The van der Waals surface area contributed by atoms with E-state index in [1.54, 1.807) is 18.2 Å². The van der Waals surface area contributed by atoms with Gasteiger partial charge in [0.15, 0.2) is 0 Å². The summed E-state index contributed by atoms with van der Waals surface area (Å²) in [7, 11) is 0. The third-order valence-electron chi connectivity index (χ3n) is 4.72. The predicted molar refractivity (Wildman–Crippen MR) is 108 cm³/mol. The van der Waals surface area contributed by atoms with Crippen molar-refractivity contribution in [2.24, 2.45) is 0 Å². The standard InChI is InChI=1S/C20H19ClN4O2/c21-14-3-8-18-17(11-14)20(27)25(13-22-18)12-19(26)23-15-4-6-16(7-5-15)24-9-1-2-10-24/h3-8,11,13H,1-2,9-10,12H2,(H,23,26). The number of nitrogens with one attached hydrogen (secondary N) is 1. The summed E-state index contributed by atoms with van der Waals surface area (Å²) < 4.78 is 1.28. The lowest BCUT2D eigenvalue weighted by atomic mass is 10.2. The first kappa shape index (κ1) is 17.5. The molecule has 1 aliphatic heterocycles. The van der Waals surface area contributed by atoms with Gasteiger partial charge in [0.2, 0.25) is 5.91 Å². The molecule has 1 aliphatic rings. The van der Waals surface area contributed by atoms with Gasteiger partial charge in [-0.05, 0) is 55.3 Å². The van der Waals surface area contributed by atoms with E-state index in [2.05, 4.69) is 15.2 Å². The van der Waals surface area contributed by atoms with Crippen LogP contribution in [0.3, 0.4) is 0 Å². The van der Waals surface area contributed by atoms with E-state index in [1.165, 1.54) is 23.7 Å². The lowest BCUT2D eigenvalue weighted by molar-refractivity contribution is -0.116. The van der Waals surface area contributed by atoms with Crippen LogP contribution in [0.25, 0.3) is 10.9 Å². The molecule has 27 heavy (non-hydrogen) atoms. The predicted octanol–water partition coefficient (Wildman–Crippen LogP) is 3.29. The molecule has 1 saturated heterocycles. The second-order valence-corrected chi connectivity index (χ2v) is 7.06. The first-order valence-corrected chi connectivity index (χ1v) is 9.27. The number of hydrogen-bond donors (Lipinski definition) is 1. The molecule has 3 aromatic rings. The van der Waals surface area contributed by atoms with Crippen LogP contribution >= 0.6 is 11.6 Å². The number of carbonyl (C=O) groups is 1. The highest BCUT2D eigenvalue weighted by molar-refractivity contribution is 6.31. The van der Waals surface area contributed by atoms with Crippen molar-refractivity contribution < 1.29 is 4.79 Å². The molecule has 0 spiro atoms. The van der Waals surface area contributed by atoms with Crippen molar-refractivity contribution in [3.8, 4) is 0 Å². The molecule has 4 rings (SSSR count). The molecule has 1 amide bonds. The Morgan fingerprint density at radius 2 is 1.85 bits per heavy atom. The summed E-state index contributed by atoms with van der Waals surface area (Å²) in [6.45, 7) is 2.05. The van der Waals surface area contributed by atoms with E-state index < -0.39 is 0 Å². The molecular formula is C20H19ClN4O2. The number of halogens is 1. The number of aromatic nitrogens is 2. The topological polar surface area (TPSA) is 67.2 Å². The smallest absolute Gasteiger partial charge is 0.261 e. The Labute approximate surface area is 161 Å². The maximum absolute atomic E-state index is 12.5. The molecule has 0 radical (unpaired) electrons. The van der Waals surface area contributed by atoms with Gasteiger partial charge in [0.05, 0.1) is 17.2 Å². The van der Waals surface area contributed by atoms with E-state index in [1.807, 2.05) is 24.3 Å². The van der Waals surface area contributed by atoms with Crippen molar-refractivity contribution in [3.63, 3.8) is 0 Å². The third-order valence-corrected chi connectivity index (χ3v) is 4.96. The molecule has 1 fully saturated rings. The van der Waals surface area contributed by atoms with Gasteiger partial charge in [-0.25, -0.2) is 4.98 Å². The van der Waals surface area contributed by atoms with Crippen LogP contribution in [0, 0.1) is 0 Å². The molecule has 7 heteroatoms. The average molecular weight is 383 g/mol. The zero-order valence-corrected chi connectivity index (χ0v) is 15.4. The quantitative estimate of drug-likeness (QED) is 0.751. The minimum atomic E-state index is -0.290. The zero-order chi connectivity index (χ0) is 18.8. The first-order chi connectivity index (χ1) is 13.1. The number of amides is 1. The summed E-state index contributed by atoms with van der Waals surface area (Å²) in [5.41, 5.74) is 2.13. The molecule has 2 aromatic carbocycles. The summed E-state index contributed by atoms with van der Waals surface area (Å²) >= 11 is 5.96. The summed E-state index contributed by atoms with van der Waals surface area (Å²) in [6, 6.07) is 12.7. The highest BCUT2D eigenvalue weighted by atomic mass is 35.5. The maximum Gasteiger partial charge on any atom is 0.261 e. The van der Waals surface area contributed by atoms with Crippen LogP contribution < -0.4 is 15.8 Å². The summed E-state index contributed by atoms with van der Waals surface area (Å²) in [4.78, 5) is 31.4. The normalized spacial score (nSPS) is 13.9. The van der Waals surface area contributed by atoms with Crippen LogP contribution in [0.5, 0.6) is 0 Å². The number of benzene rings is 2. The number of hydrogen-bond acceptors (Lipinski definition) is 4. The fourth-order valence-electron chi connectivity index (χ4n) is 3.33. The molecule has 0 unspecified atom stereocenters. The van der Waals surface area contributed by atoms with Crippen molar-refractivity contribution in [1.29, 1.82) is 0 Å². The molecule has 0 saturated carbocycles. The maximum atomic E-state index is 12.5. The molecule has 0 bridgehead atoms. The molecule has 0 aliphatic carbocycles. The summed E-state index contributed by atoms with van der Waals surface area (Å²) in [5.74, 6) is -0.283. The van der Waals surface area contributed by atoms with Gasteiger partial charge >= 0.3 is 0 Å². The van der Waals surface area contributed by atoms with Crippen molar-refractivity contribution in [1.82, 2.24) is 9.55 Å². The Hall–Kier alpha value is -2.86. The monoisotopic (exact) mass is 382 g/mol. The summed E-state index contributed by atoms with van der Waals surface area (Å²) in [6.07, 6.45) is 3.82. The Morgan fingerprint density at radius 3 is 2.59 bits per heavy atom. The Kier molecular flexibility index (Phi) is 4.81. The number of anilines is 2. The third kappa shape index (κ3) is 3.80. The molecule has 1 aromatic heterocycles. The van der Waals surface area contributed by atoms with Gasteiger partial charge in [0.25, 0.3) is 5.56 Å². The Morgan fingerprint density at radius 1 is 1.11 bits per heavy atom. The van der Waals surface area contributed by atoms with Gasteiger partial charge in [-0.3, -0.25) is 14.2 Å². The highest BCUT2D eigenvalue weighted by Gasteiger charge is 2.13. The summed E-state index contributed by atoms with van der Waals surface area (Å²) in [5, 5.41) is 3.68. The Bertz CT molecular complexity index is 1040. The Balaban J connectivity index is 1.47. The van der Waals surface area contributed by atoms with Crippen molar-refractivity contribution in [3.05, 3.63) is 64.2 Å². The van der Waals surface area contributed by atoms with Gasteiger partial charge in [-0.1, -0.05) is 11.6 Å². The minimum absolute atomic E-state index is 0.109. The fraction of sp³-hybridized carbons (Fsp3) is 0.250. The second-order valence-electron chi connectivity index (χ2n) is 6.63. The average Bonchev–Trinajstić information content (AvgIpc) is 3.20. The minimum Gasteiger partial charge on any atom is -0.372 e. The van der Waals surface area contributed by atoms with Crippen LogP contribution in [0.15, 0.2) is 53.6 Å². The van der Waals surface area contributed by atoms with Gasteiger partial charge < -0.3 is 10.2 Å². The number of carbonyl (C=O) groups excluding carboxylic acids is 1. The van der Waals surface area contributed by atoms with E-state index >= 15 is 0 Å². The van der Waals surface area contributed by atoms with Crippen LogP contribution in [0.4, 0.5) is 11.4 Å². The van der Waals surface area contributed by atoms with E-state index in [4.69, 9.17) is 11.6 Å². The molecule has 6 nitrogen and oxygen atoms in total. The molecule has 138 valence electrons. The van der Waals surface area contributed by atoms with Crippen LogP contribution in [0.2, 0.25) is 5.02 Å². The highest BCUT2D eigenvalue weighted by Crippen LogP contribution is 2.22. The van der Waals surface area contributed by atoms with Gasteiger partial charge in [-0.2, -0.15) is 0 Å². The van der Waals surface area contributed by atoms with Crippen molar-refractivity contribution in [2.75, 3.05) is 23.3 Å². The first-order valence-electron chi connectivity index (χ1n) is 8.90. The van der Waals surface area contributed by atoms with Gasteiger partial charge in [-0.15, -0.1) is 0 Å². The molecule has 0 atom stereocenters. The lowest BCUT2D eigenvalue weighted by Crippen LogP contribution is -2.28. The molecular weight excluding hydrogens is 364 g/mol. The van der Waals surface area contributed by atoms with Crippen LogP contribution in [-0.4, -0.2) is 28.5 Å². The SMILES string of the molecule is O=C(Cn1cnc2ccc(Cl)cc2c1=O)Nc1ccc(N2CCCC2)cc1. The number of rotatable bonds is 4. The van der Waals surface area contributed by atoms with E-state index in [9.17, 15) is 9.59 Å². The number of fused-ring (bicyclic) bond motifs is 1. The van der Waals surface area contributed by atoms with Crippen molar-refractivity contribution >= 4 is 39.8 Å². The zero-order valence-electron chi connectivity index (χ0n) is 14.7. The van der Waals surface area contributed by atoms with E-state index in [-0.39, 0.29) is 18.0 Å². The van der Waals surface area contributed by atoms with Crippen molar-refractivity contribution in [2.45, 2.75) is 19.4 Å². The lowest BCUT2D eigenvalue weighted by Gasteiger charge is -2.17. The van der Waals surface area contributed by atoms with Crippen LogP contribution in [-0.2, 0) is 11.3 Å². The molecule has 1 N–H and O–H groups in total. The molecule has 2 heterocycles. The second kappa shape index (κ2) is 7.40. The van der Waals surface area contributed by atoms with E-state index in [0.29, 0.717) is 21.6 Å². The largest absolute Gasteiger partial charge is 0.372 e. The van der Waals surface area contributed by atoms with Crippen LogP contribution in [0.1, 0.15) is 12.8 Å². The van der Waals surface area contributed by atoms with E-state index in [0.717, 1.165) is 18.8 Å². The number of nitrogens with zero attached hydrogens (tertiary/aromatic N) is 3. The fourth-order valence-corrected chi connectivity index (χ4v) is 3.50.